The summed E-state index contributed by atoms with van der Waals surface area (Å²) in [5, 5.41) is 6.76. The zero-order valence-electron chi connectivity index (χ0n) is 18.9. The van der Waals surface area contributed by atoms with Gasteiger partial charge in [-0.3, -0.25) is 19.6 Å². The van der Waals surface area contributed by atoms with Gasteiger partial charge >= 0.3 is 0 Å². The molecule has 3 saturated heterocycles. The molecule has 3 aliphatic rings. The zero-order valence-corrected chi connectivity index (χ0v) is 19.7. The van der Waals surface area contributed by atoms with Crippen LogP contribution in [-0.2, 0) is 19.6 Å². The van der Waals surface area contributed by atoms with Crippen LogP contribution in [0.1, 0.15) is 49.9 Å². The Morgan fingerprint density at radius 3 is 2.34 bits per heavy atom. The maximum Gasteiger partial charge on any atom is 0.246 e. The first-order valence-corrected chi connectivity index (χ1v) is 13.0. The van der Waals surface area contributed by atoms with Crippen molar-refractivity contribution < 1.29 is 18.0 Å². The van der Waals surface area contributed by atoms with Gasteiger partial charge in [0.2, 0.25) is 21.8 Å². The van der Waals surface area contributed by atoms with E-state index in [0.29, 0.717) is 43.9 Å². The van der Waals surface area contributed by atoms with Crippen molar-refractivity contribution >= 4 is 21.8 Å². The van der Waals surface area contributed by atoms with E-state index in [2.05, 4.69) is 15.1 Å². The average Bonchev–Trinajstić information content (AvgIpc) is 3.40. The number of likely N-dealkylation sites (tertiary alicyclic amines) is 2. The van der Waals surface area contributed by atoms with Crippen molar-refractivity contribution in [1.29, 1.82) is 0 Å². The second-order valence-electron chi connectivity index (χ2n) is 9.32. The fourth-order valence-corrected chi connectivity index (χ4v) is 7.48. The Kier molecular flexibility index (Phi) is 6.60. The molecule has 1 aromatic rings. The van der Waals surface area contributed by atoms with Gasteiger partial charge in [0.05, 0.1) is 23.3 Å². The molecule has 3 fully saturated rings. The summed E-state index contributed by atoms with van der Waals surface area (Å²) in [6.07, 6.45) is 4.79. The predicted octanol–water partition coefficient (Wildman–Crippen LogP) is 0.368. The average molecular weight is 467 g/mol. The van der Waals surface area contributed by atoms with E-state index in [9.17, 15) is 18.0 Å². The van der Waals surface area contributed by atoms with E-state index in [1.165, 1.54) is 4.31 Å². The molecule has 10 nitrogen and oxygen atoms in total. The van der Waals surface area contributed by atoms with Gasteiger partial charge in [0.25, 0.3) is 0 Å². The minimum absolute atomic E-state index is 0.0388. The van der Waals surface area contributed by atoms with Crippen molar-refractivity contribution in [3.8, 4) is 0 Å². The van der Waals surface area contributed by atoms with Crippen LogP contribution < -0.4 is 5.73 Å². The Morgan fingerprint density at radius 2 is 1.72 bits per heavy atom. The molecule has 0 aromatic carbocycles. The Labute approximate surface area is 189 Å². The molecule has 32 heavy (non-hydrogen) atoms. The molecule has 2 amide bonds. The Balaban J connectivity index is 1.38. The Hall–Kier alpha value is -1.98. The number of nitrogens with zero attached hydrogens (tertiary/aromatic N) is 4. The lowest BCUT2D eigenvalue weighted by molar-refractivity contribution is -0.138. The van der Waals surface area contributed by atoms with Crippen molar-refractivity contribution in [2.75, 3.05) is 32.7 Å². The van der Waals surface area contributed by atoms with Crippen molar-refractivity contribution in [1.82, 2.24) is 24.3 Å². The largest absolute Gasteiger partial charge is 0.368 e. The number of nitrogens with two attached hydrogens (primary N) is 1. The maximum absolute atomic E-state index is 13.2. The van der Waals surface area contributed by atoms with Crippen molar-refractivity contribution in [3.05, 3.63) is 11.4 Å². The third-order valence-corrected chi connectivity index (χ3v) is 9.39. The van der Waals surface area contributed by atoms with E-state index in [0.717, 1.165) is 32.2 Å². The maximum atomic E-state index is 13.2. The van der Waals surface area contributed by atoms with E-state index in [4.69, 9.17) is 5.73 Å². The van der Waals surface area contributed by atoms with E-state index >= 15 is 0 Å². The van der Waals surface area contributed by atoms with Crippen LogP contribution in [0.5, 0.6) is 0 Å². The SMILES string of the molecule is Cc1n[nH]c(C)c1S(=O)(=O)N1CCCC(C(=O)N2CCC(N3CCCC3C(N)=O)CC2)C1. The number of aryl methyl sites for hydroxylation is 2. The molecule has 4 rings (SSSR count). The molecule has 0 spiro atoms. The highest BCUT2D eigenvalue weighted by Crippen LogP contribution is 2.30. The van der Waals surface area contributed by atoms with Gasteiger partial charge in [-0.1, -0.05) is 0 Å². The van der Waals surface area contributed by atoms with Gasteiger partial charge in [-0.25, -0.2) is 8.42 Å². The number of rotatable bonds is 5. The number of carbonyl (C=O) groups excluding carboxylic acids is 2. The van der Waals surface area contributed by atoms with Crippen LogP contribution in [0, 0.1) is 19.8 Å². The highest BCUT2D eigenvalue weighted by molar-refractivity contribution is 7.89. The summed E-state index contributed by atoms with van der Waals surface area (Å²) in [4.78, 5) is 29.3. The van der Waals surface area contributed by atoms with E-state index < -0.39 is 10.0 Å². The molecule has 1 aromatic heterocycles. The first kappa shape index (κ1) is 23.2. The molecule has 178 valence electrons. The third-order valence-electron chi connectivity index (χ3n) is 7.26. The first-order valence-electron chi connectivity index (χ1n) is 11.6. The summed E-state index contributed by atoms with van der Waals surface area (Å²) < 4.78 is 27.9. The van der Waals surface area contributed by atoms with Gasteiger partial charge in [0.15, 0.2) is 0 Å². The number of piperidine rings is 2. The smallest absolute Gasteiger partial charge is 0.246 e. The molecule has 4 heterocycles. The molecule has 3 aliphatic heterocycles. The standard InChI is InChI=1S/C21H34N6O4S/c1-14-19(15(2)24-23-14)32(30,31)26-9-3-5-16(13-26)21(29)25-11-7-17(8-12-25)27-10-4-6-18(27)20(22)28/h16-18H,3-13H2,1-2H3,(H2,22,28)(H,23,24). The van der Waals surface area contributed by atoms with Crippen LogP contribution in [0.4, 0.5) is 0 Å². The van der Waals surface area contributed by atoms with E-state index in [1.807, 2.05) is 4.90 Å². The Morgan fingerprint density at radius 1 is 1.03 bits per heavy atom. The fraction of sp³-hybridized carbons (Fsp3) is 0.762. The van der Waals surface area contributed by atoms with Crippen LogP contribution in [0.25, 0.3) is 0 Å². The van der Waals surface area contributed by atoms with Gasteiger partial charge < -0.3 is 10.6 Å². The second-order valence-corrected chi connectivity index (χ2v) is 11.2. The molecule has 2 atom stereocenters. The third kappa shape index (κ3) is 4.29. The van der Waals surface area contributed by atoms with Gasteiger partial charge in [-0.05, 0) is 58.9 Å². The first-order chi connectivity index (χ1) is 15.2. The van der Waals surface area contributed by atoms with Crippen LogP contribution in [0.2, 0.25) is 0 Å². The lowest BCUT2D eigenvalue weighted by atomic mass is 9.95. The minimum atomic E-state index is -3.69. The highest BCUT2D eigenvalue weighted by Gasteiger charge is 2.40. The van der Waals surface area contributed by atoms with Crippen LogP contribution >= 0.6 is 0 Å². The molecular weight excluding hydrogens is 432 g/mol. The number of carbonyl (C=O) groups is 2. The van der Waals surface area contributed by atoms with Gasteiger partial charge in [0.1, 0.15) is 4.90 Å². The number of sulfonamides is 1. The molecule has 0 bridgehead atoms. The summed E-state index contributed by atoms with van der Waals surface area (Å²) in [7, 11) is -3.69. The van der Waals surface area contributed by atoms with Crippen LogP contribution in [0.15, 0.2) is 4.90 Å². The summed E-state index contributed by atoms with van der Waals surface area (Å²) in [5.74, 6) is -0.544. The number of aromatic amines is 1. The molecular formula is C21H34N6O4S. The topological polar surface area (TPSA) is 133 Å². The summed E-state index contributed by atoms with van der Waals surface area (Å²) in [5.41, 5.74) is 6.54. The second kappa shape index (κ2) is 9.11. The monoisotopic (exact) mass is 466 g/mol. The zero-order chi connectivity index (χ0) is 23.0. The minimum Gasteiger partial charge on any atom is -0.368 e. The number of primary amides is 1. The molecule has 0 saturated carbocycles. The van der Waals surface area contributed by atoms with Crippen LogP contribution in [0.3, 0.4) is 0 Å². The summed E-state index contributed by atoms with van der Waals surface area (Å²) >= 11 is 0. The van der Waals surface area contributed by atoms with Gasteiger partial charge in [0, 0.05) is 32.2 Å². The molecule has 0 radical (unpaired) electrons. The number of amides is 2. The molecule has 3 N–H and O–H groups in total. The quantitative estimate of drug-likeness (QED) is 0.644. The lowest BCUT2D eigenvalue weighted by Crippen LogP contribution is -2.53. The van der Waals surface area contributed by atoms with Gasteiger partial charge in [-0.2, -0.15) is 9.40 Å². The van der Waals surface area contributed by atoms with Gasteiger partial charge in [-0.15, -0.1) is 0 Å². The number of nitrogens with one attached hydrogen (secondary N) is 1. The van der Waals surface area contributed by atoms with E-state index in [1.54, 1.807) is 13.8 Å². The van der Waals surface area contributed by atoms with Crippen LogP contribution in [-0.4, -0.2) is 89.3 Å². The summed E-state index contributed by atoms with van der Waals surface area (Å²) in [6, 6.07) is 0.0866. The Bertz CT molecular complexity index is 949. The van der Waals surface area contributed by atoms with Crippen molar-refractivity contribution in [2.45, 2.75) is 69.4 Å². The number of aromatic nitrogens is 2. The highest BCUT2D eigenvalue weighted by atomic mass is 32.2. The van der Waals surface area contributed by atoms with Crippen molar-refractivity contribution in [2.24, 2.45) is 11.7 Å². The predicted molar refractivity (Wildman–Crippen MR) is 118 cm³/mol. The van der Waals surface area contributed by atoms with E-state index in [-0.39, 0.29) is 41.3 Å². The molecule has 0 aliphatic carbocycles. The molecule has 2 unspecified atom stereocenters. The number of hydrogen-bond acceptors (Lipinski definition) is 6. The fourth-order valence-electron chi connectivity index (χ4n) is 5.62. The number of H-pyrrole nitrogens is 1. The molecule has 11 heteroatoms. The summed E-state index contributed by atoms with van der Waals surface area (Å²) in [6.45, 7) is 6.16. The lowest BCUT2D eigenvalue weighted by Gasteiger charge is -2.40. The number of hydrogen-bond donors (Lipinski definition) is 2. The van der Waals surface area contributed by atoms with Crippen molar-refractivity contribution in [3.63, 3.8) is 0 Å². The normalized spacial score (nSPS) is 26.5.